The highest BCUT2D eigenvalue weighted by atomic mass is 19.4. The first-order chi connectivity index (χ1) is 18.4. The lowest BCUT2D eigenvalue weighted by Gasteiger charge is -2.57. The SMILES string of the molecule is C[C@H]1CCCN(Cc2cc(C(F)(F)F)c3cn(C4CCCC(C5(C(N)N(C)CN)CC(O)C5)C4)c(=O)n3c2)C1. The summed E-state index contributed by atoms with van der Waals surface area (Å²) in [6.45, 7) is 4.54. The van der Waals surface area contributed by atoms with E-state index in [0.717, 1.165) is 38.8 Å². The van der Waals surface area contributed by atoms with Crippen LogP contribution >= 0.6 is 0 Å². The van der Waals surface area contributed by atoms with Crippen molar-refractivity contribution in [3.63, 3.8) is 0 Å². The zero-order valence-corrected chi connectivity index (χ0v) is 23.0. The monoisotopic (exact) mass is 552 g/mol. The fourth-order valence-electron chi connectivity index (χ4n) is 7.65. The van der Waals surface area contributed by atoms with Gasteiger partial charge in [0.05, 0.1) is 23.3 Å². The van der Waals surface area contributed by atoms with Crippen molar-refractivity contribution in [1.29, 1.82) is 0 Å². The Morgan fingerprint density at radius 1 is 1.21 bits per heavy atom. The van der Waals surface area contributed by atoms with E-state index < -0.39 is 23.5 Å². The van der Waals surface area contributed by atoms with Crippen LogP contribution in [0.4, 0.5) is 13.2 Å². The van der Waals surface area contributed by atoms with E-state index in [2.05, 4.69) is 11.8 Å². The highest BCUT2D eigenvalue weighted by Crippen LogP contribution is 2.55. The van der Waals surface area contributed by atoms with Gasteiger partial charge in [0.15, 0.2) is 0 Å². The van der Waals surface area contributed by atoms with Crippen LogP contribution in [0, 0.1) is 17.3 Å². The molecule has 5 N–H and O–H groups in total. The molecule has 11 heteroatoms. The Morgan fingerprint density at radius 3 is 2.59 bits per heavy atom. The molecule has 1 saturated heterocycles. The van der Waals surface area contributed by atoms with Crippen molar-refractivity contribution in [3.05, 3.63) is 40.1 Å². The molecule has 2 aliphatic carbocycles. The van der Waals surface area contributed by atoms with Crippen LogP contribution in [0.3, 0.4) is 0 Å². The Labute approximate surface area is 227 Å². The first-order valence-electron chi connectivity index (χ1n) is 14.3. The van der Waals surface area contributed by atoms with Crippen molar-refractivity contribution in [3.8, 4) is 0 Å². The molecule has 3 unspecified atom stereocenters. The quantitative estimate of drug-likeness (QED) is 0.455. The average Bonchev–Trinajstić information content (AvgIpc) is 3.21. The smallest absolute Gasteiger partial charge is 0.393 e. The molecule has 0 bridgehead atoms. The van der Waals surface area contributed by atoms with Crippen LogP contribution in [-0.4, -0.2) is 62.9 Å². The van der Waals surface area contributed by atoms with E-state index >= 15 is 0 Å². The van der Waals surface area contributed by atoms with Crippen LogP contribution in [0.1, 0.15) is 75.5 Å². The molecule has 0 amide bonds. The first kappa shape index (κ1) is 28.6. The largest absolute Gasteiger partial charge is 0.418 e. The molecule has 2 aromatic heterocycles. The van der Waals surface area contributed by atoms with Crippen molar-refractivity contribution in [1.82, 2.24) is 18.8 Å². The number of hydrogen-bond donors (Lipinski definition) is 3. The molecule has 2 aromatic rings. The summed E-state index contributed by atoms with van der Waals surface area (Å²) in [7, 11) is 1.86. The van der Waals surface area contributed by atoms with Crippen molar-refractivity contribution in [2.75, 3.05) is 26.8 Å². The van der Waals surface area contributed by atoms with Gasteiger partial charge in [-0.2, -0.15) is 13.2 Å². The lowest BCUT2D eigenvalue weighted by Crippen LogP contribution is -2.63. The van der Waals surface area contributed by atoms with Crippen molar-refractivity contribution < 1.29 is 18.3 Å². The molecule has 1 aliphatic heterocycles. The molecule has 3 fully saturated rings. The molecule has 3 heterocycles. The van der Waals surface area contributed by atoms with E-state index in [1.54, 1.807) is 6.20 Å². The normalized spacial score (nSPS) is 31.5. The first-order valence-corrected chi connectivity index (χ1v) is 14.3. The Morgan fingerprint density at radius 2 is 1.95 bits per heavy atom. The maximum Gasteiger partial charge on any atom is 0.418 e. The van der Waals surface area contributed by atoms with Crippen LogP contribution in [0.5, 0.6) is 0 Å². The summed E-state index contributed by atoms with van der Waals surface area (Å²) in [6.07, 6.45) is 4.06. The second-order valence-corrected chi connectivity index (χ2v) is 12.5. The standard InChI is InChI=1S/C28H43F3N6O2/c1-18-5-4-8-35(13-18)14-19-9-23(28(29,30)31)24-16-36(26(39)37(24)15-19)21-7-3-6-20(10-21)27(11-22(38)12-27)25(33)34(2)17-32/h9,15-16,18,20-22,25,38H,3-8,10-14,17,32-33H2,1-2H3/t18-,20?,21?,22?,25?,27?/m0/s1. The number of fused-ring (bicyclic) bond motifs is 1. The number of alkyl halides is 3. The maximum atomic E-state index is 14.2. The molecule has 4 atom stereocenters. The zero-order valence-electron chi connectivity index (χ0n) is 23.0. The van der Waals surface area contributed by atoms with Crippen LogP contribution in [-0.2, 0) is 12.7 Å². The van der Waals surface area contributed by atoms with Gasteiger partial charge in [0.1, 0.15) is 0 Å². The third-order valence-electron chi connectivity index (χ3n) is 9.74. The predicted octanol–water partition coefficient (Wildman–Crippen LogP) is 3.36. The summed E-state index contributed by atoms with van der Waals surface area (Å²) >= 11 is 0. The second-order valence-electron chi connectivity index (χ2n) is 12.5. The molecule has 0 radical (unpaired) electrons. The van der Waals surface area contributed by atoms with Gasteiger partial charge in [0.25, 0.3) is 0 Å². The Balaban J connectivity index is 1.47. The van der Waals surface area contributed by atoms with Gasteiger partial charge in [-0.25, -0.2) is 4.79 Å². The molecular formula is C28H43F3N6O2. The number of nitrogens with zero attached hydrogens (tertiary/aromatic N) is 4. The predicted molar refractivity (Wildman–Crippen MR) is 144 cm³/mol. The van der Waals surface area contributed by atoms with Gasteiger partial charge in [-0.1, -0.05) is 13.3 Å². The van der Waals surface area contributed by atoms with E-state index in [1.165, 1.54) is 21.2 Å². The molecule has 39 heavy (non-hydrogen) atoms. The van der Waals surface area contributed by atoms with Crippen LogP contribution in [0.25, 0.3) is 5.52 Å². The van der Waals surface area contributed by atoms with Gasteiger partial charge in [-0.05, 0) is 82.0 Å². The number of imidazole rings is 1. The number of piperidine rings is 1. The lowest BCUT2D eigenvalue weighted by molar-refractivity contribution is -0.136. The molecule has 5 rings (SSSR count). The lowest BCUT2D eigenvalue weighted by atomic mass is 9.54. The zero-order chi connectivity index (χ0) is 28.1. The van der Waals surface area contributed by atoms with Gasteiger partial charge in [-0.3, -0.25) is 18.8 Å². The van der Waals surface area contributed by atoms with Crippen LogP contribution < -0.4 is 17.2 Å². The maximum absolute atomic E-state index is 14.2. The van der Waals surface area contributed by atoms with Gasteiger partial charge in [0, 0.05) is 43.6 Å². The topological polar surface area (TPSA) is 105 Å². The third-order valence-corrected chi connectivity index (χ3v) is 9.74. The number of likely N-dealkylation sites (tertiary alicyclic amines) is 1. The minimum Gasteiger partial charge on any atom is -0.393 e. The van der Waals surface area contributed by atoms with Gasteiger partial charge < -0.3 is 16.6 Å². The van der Waals surface area contributed by atoms with Crippen molar-refractivity contribution in [2.24, 2.45) is 28.7 Å². The summed E-state index contributed by atoms with van der Waals surface area (Å²) in [4.78, 5) is 17.7. The summed E-state index contributed by atoms with van der Waals surface area (Å²) in [6, 6.07) is 0.989. The Hall–Kier alpha value is -1.92. The fourth-order valence-corrected chi connectivity index (χ4v) is 7.65. The average molecular weight is 553 g/mol. The number of hydrogen-bond acceptors (Lipinski definition) is 6. The van der Waals surface area contributed by atoms with Crippen LogP contribution in [0.2, 0.25) is 0 Å². The number of aromatic nitrogens is 2. The number of aliphatic hydroxyl groups is 1. The minimum atomic E-state index is -4.57. The van der Waals surface area contributed by atoms with E-state index in [0.29, 0.717) is 50.4 Å². The number of rotatable bonds is 7. The molecule has 8 nitrogen and oxygen atoms in total. The number of halogens is 3. The molecule has 2 saturated carbocycles. The van der Waals surface area contributed by atoms with E-state index in [1.807, 2.05) is 11.9 Å². The van der Waals surface area contributed by atoms with Gasteiger partial charge >= 0.3 is 11.9 Å². The second kappa shape index (κ2) is 10.8. The van der Waals surface area contributed by atoms with E-state index in [-0.39, 0.29) is 29.1 Å². The van der Waals surface area contributed by atoms with E-state index in [9.17, 15) is 23.1 Å². The molecule has 218 valence electrons. The van der Waals surface area contributed by atoms with E-state index in [4.69, 9.17) is 11.5 Å². The number of nitrogens with two attached hydrogens (primary N) is 2. The summed E-state index contributed by atoms with van der Waals surface area (Å²) in [5.41, 5.74) is 11.4. The summed E-state index contributed by atoms with van der Waals surface area (Å²) in [5, 5.41) is 10.2. The highest BCUT2D eigenvalue weighted by Gasteiger charge is 2.54. The Bertz CT molecular complexity index is 1220. The molecule has 3 aliphatic rings. The molecule has 0 aromatic carbocycles. The molecular weight excluding hydrogens is 509 g/mol. The molecule has 0 spiro atoms. The van der Waals surface area contributed by atoms with Crippen molar-refractivity contribution >= 4 is 5.52 Å². The van der Waals surface area contributed by atoms with Crippen molar-refractivity contribution in [2.45, 2.75) is 89.3 Å². The van der Waals surface area contributed by atoms with Crippen LogP contribution in [0.15, 0.2) is 23.3 Å². The van der Waals surface area contributed by atoms with Gasteiger partial charge in [-0.15, -0.1) is 0 Å². The number of aliphatic hydroxyl groups excluding tert-OH is 1. The number of pyridine rings is 1. The highest BCUT2D eigenvalue weighted by molar-refractivity contribution is 5.56. The minimum absolute atomic E-state index is 0.0984. The summed E-state index contributed by atoms with van der Waals surface area (Å²) < 4.78 is 45.4. The Kier molecular flexibility index (Phi) is 7.93. The third kappa shape index (κ3) is 5.40. The fraction of sp³-hybridized carbons (Fsp3) is 0.750. The van der Waals surface area contributed by atoms with Gasteiger partial charge in [0.2, 0.25) is 0 Å². The summed E-state index contributed by atoms with van der Waals surface area (Å²) in [5.74, 6) is 0.641.